The van der Waals surface area contributed by atoms with E-state index in [1.165, 1.54) is 0 Å². The highest BCUT2D eigenvalue weighted by Crippen LogP contribution is 2.31. The zero-order valence-corrected chi connectivity index (χ0v) is 12.7. The fourth-order valence-electron chi connectivity index (χ4n) is 3.74. The topological polar surface area (TPSA) is 60.9 Å². The summed E-state index contributed by atoms with van der Waals surface area (Å²) < 4.78 is 0. The zero-order valence-electron chi connectivity index (χ0n) is 12.7. The molecular weight excluding hydrogens is 256 g/mol. The number of carbonyl (C=O) groups excluding carboxylic acids is 1. The number of carbonyl (C=O) groups is 2. The van der Waals surface area contributed by atoms with Gasteiger partial charge in [-0.2, -0.15) is 0 Å². The molecule has 2 heterocycles. The molecule has 0 aromatic rings. The molecule has 5 nitrogen and oxygen atoms in total. The van der Waals surface area contributed by atoms with Crippen LogP contribution in [0.3, 0.4) is 0 Å². The van der Waals surface area contributed by atoms with E-state index in [4.69, 9.17) is 0 Å². The van der Waals surface area contributed by atoms with Crippen molar-refractivity contribution in [2.75, 3.05) is 6.54 Å². The summed E-state index contributed by atoms with van der Waals surface area (Å²) in [7, 11) is 0. The Morgan fingerprint density at radius 3 is 2.50 bits per heavy atom. The Morgan fingerprint density at radius 1 is 1.20 bits per heavy atom. The second kappa shape index (κ2) is 6.02. The second-order valence-corrected chi connectivity index (χ2v) is 6.27. The van der Waals surface area contributed by atoms with Crippen molar-refractivity contribution in [3.63, 3.8) is 0 Å². The Balaban J connectivity index is 2.19. The summed E-state index contributed by atoms with van der Waals surface area (Å²) in [6, 6.07) is -0.245. The molecule has 1 N–H and O–H groups in total. The first-order valence-electron chi connectivity index (χ1n) is 7.79. The van der Waals surface area contributed by atoms with Crippen molar-refractivity contribution >= 4 is 12.0 Å². The molecule has 4 atom stereocenters. The van der Waals surface area contributed by atoms with Gasteiger partial charge in [0.05, 0.1) is 0 Å². The molecule has 0 aromatic heterocycles. The molecule has 2 amide bonds. The Bertz CT molecular complexity index is 385. The molecule has 0 aromatic carbocycles. The third kappa shape index (κ3) is 2.63. The van der Waals surface area contributed by atoms with Crippen molar-refractivity contribution in [1.29, 1.82) is 0 Å². The van der Waals surface area contributed by atoms with E-state index < -0.39 is 12.0 Å². The molecule has 0 aliphatic carbocycles. The van der Waals surface area contributed by atoms with Gasteiger partial charge in [-0.3, -0.25) is 0 Å². The molecule has 0 radical (unpaired) electrons. The molecule has 2 fully saturated rings. The minimum atomic E-state index is -0.870. The Morgan fingerprint density at radius 2 is 1.90 bits per heavy atom. The van der Waals surface area contributed by atoms with Crippen molar-refractivity contribution in [3.05, 3.63) is 0 Å². The molecule has 2 saturated heterocycles. The first-order chi connectivity index (χ1) is 9.47. The van der Waals surface area contributed by atoms with Gasteiger partial charge in [-0.1, -0.05) is 13.8 Å². The first-order valence-corrected chi connectivity index (χ1v) is 7.79. The van der Waals surface area contributed by atoms with Crippen LogP contribution in [0.5, 0.6) is 0 Å². The van der Waals surface area contributed by atoms with Crippen LogP contribution in [0.4, 0.5) is 4.79 Å². The summed E-state index contributed by atoms with van der Waals surface area (Å²) in [5, 5.41) is 9.45. The summed E-state index contributed by atoms with van der Waals surface area (Å²) in [6.07, 6.45) is 4.77. The molecule has 20 heavy (non-hydrogen) atoms. The standard InChI is InChI=1S/C15H26N2O3/c1-4-12-8-7-11(3)17(12)15(20)16-9-5-6-10(2)13(16)14(18)19/h10-13H,4-9H2,1-3H3,(H,18,19). The number of carboxylic acid groups (broad SMARTS) is 1. The van der Waals surface area contributed by atoms with E-state index in [9.17, 15) is 14.7 Å². The quantitative estimate of drug-likeness (QED) is 0.846. The van der Waals surface area contributed by atoms with Gasteiger partial charge in [0, 0.05) is 18.6 Å². The Hall–Kier alpha value is -1.26. The summed E-state index contributed by atoms with van der Waals surface area (Å²) >= 11 is 0. The predicted octanol–water partition coefficient (Wildman–Crippen LogP) is 2.55. The number of nitrogens with zero attached hydrogens (tertiary/aromatic N) is 2. The lowest BCUT2D eigenvalue weighted by Crippen LogP contribution is -2.57. The number of aliphatic carboxylic acids is 1. The molecule has 4 unspecified atom stereocenters. The maximum absolute atomic E-state index is 12.8. The molecule has 0 spiro atoms. The number of urea groups is 1. The minimum absolute atomic E-state index is 0.0307. The molecule has 0 bridgehead atoms. The van der Waals surface area contributed by atoms with Crippen LogP contribution in [0.25, 0.3) is 0 Å². The van der Waals surface area contributed by atoms with Crippen LogP contribution in [0, 0.1) is 5.92 Å². The van der Waals surface area contributed by atoms with Gasteiger partial charge in [-0.15, -0.1) is 0 Å². The number of hydrogen-bond donors (Lipinski definition) is 1. The van der Waals surface area contributed by atoms with E-state index in [1.54, 1.807) is 4.90 Å². The van der Waals surface area contributed by atoms with Crippen LogP contribution >= 0.6 is 0 Å². The van der Waals surface area contributed by atoms with Gasteiger partial charge in [0.15, 0.2) is 0 Å². The van der Waals surface area contributed by atoms with Crippen LogP contribution in [0.1, 0.15) is 52.9 Å². The van der Waals surface area contributed by atoms with Gasteiger partial charge in [-0.25, -0.2) is 9.59 Å². The summed E-state index contributed by atoms with van der Waals surface area (Å²) in [5.41, 5.74) is 0. The monoisotopic (exact) mass is 282 g/mol. The van der Waals surface area contributed by atoms with Crippen molar-refractivity contribution < 1.29 is 14.7 Å². The van der Waals surface area contributed by atoms with Crippen LogP contribution in [0.15, 0.2) is 0 Å². The highest BCUT2D eigenvalue weighted by Gasteiger charge is 2.42. The highest BCUT2D eigenvalue weighted by molar-refractivity contribution is 5.83. The predicted molar refractivity (Wildman–Crippen MR) is 76.5 cm³/mol. The average molecular weight is 282 g/mol. The number of piperidine rings is 1. The van der Waals surface area contributed by atoms with Gasteiger partial charge in [-0.05, 0) is 44.9 Å². The van der Waals surface area contributed by atoms with E-state index in [1.807, 2.05) is 11.8 Å². The second-order valence-electron chi connectivity index (χ2n) is 6.27. The lowest BCUT2D eigenvalue weighted by molar-refractivity contribution is -0.145. The number of amides is 2. The molecule has 114 valence electrons. The van der Waals surface area contributed by atoms with Crippen molar-refractivity contribution in [2.24, 2.45) is 5.92 Å². The first kappa shape index (κ1) is 15.1. The maximum atomic E-state index is 12.8. The largest absolute Gasteiger partial charge is 0.480 e. The lowest BCUT2D eigenvalue weighted by atomic mass is 9.91. The summed E-state index contributed by atoms with van der Waals surface area (Å²) in [6.45, 7) is 6.66. The zero-order chi connectivity index (χ0) is 14.9. The van der Waals surface area contributed by atoms with Gasteiger partial charge in [0.1, 0.15) is 6.04 Å². The third-order valence-corrected chi connectivity index (χ3v) is 4.91. The van der Waals surface area contributed by atoms with Crippen molar-refractivity contribution in [2.45, 2.75) is 71.0 Å². The third-order valence-electron chi connectivity index (χ3n) is 4.91. The van der Waals surface area contributed by atoms with Crippen LogP contribution in [0.2, 0.25) is 0 Å². The van der Waals surface area contributed by atoms with E-state index in [-0.39, 0.29) is 24.0 Å². The van der Waals surface area contributed by atoms with Gasteiger partial charge < -0.3 is 14.9 Å². The lowest BCUT2D eigenvalue weighted by Gasteiger charge is -2.41. The van der Waals surface area contributed by atoms with Gasteiger partial charge in [0.2, 0.25) is 0 Å². The number of carboxylic acids is 1. The SMILES string of the molecule is CCC1CCC(C)N1C(=O)N1CCCC(C)C1C(=O)O. The Labute approximate surface area is 120 Å². The normalized spacial score (nSPS) is 34.4. The van der Waals surface area contributed by atoms with Crippen molar-refractivity contribution in [3.8, 4) is 0 Å². The average Bonchev–Trinajstić information content (AvgIpc) is 2.78. The fraction of sp³-hybridized carbons (Fsp3) is 0.867. The molecule has 2 rings (SSSR count). The van der Waals surface area contributed by atoms with Gasteiger partial charge in [0.25, 0.3) is 0 Å². The van der Waals surface area contributed by atoms with Crippen molar-refractivity contribution in [1.82, 2.24) is 9.80 Å². The fourth-order valence-corrected chi connectivity index (χ4v) is 3.74. The van der Waals surface area contributed by atoms with Crippen LogP contribution < -0.4 is 0 Å². The molecule has 2 aliphatic heterocycles. The smallest absolute Gasteiger partial charge is 0.326 e. The molecule has 5 heteroatoms. The summed E-state index contributed by atoms with van der Waals surface area (Å²) in [5.74, 6) is -0.839. The van der Waals surface area contributed by atoms with E-state index in [0.717, 1.165) is 32.1 Å². The number of hydrogen-bond acceptors (Lipinski definition) is 2. The number of likely N-dealkylation sites (tertiary alicyclic amines) is 2. The van der Waals surface area contributed by atoms with Crippen LogP contribution in [-0.4, -0.2) is 51.6 Å². The van der Waals surface area contributed by atoms with E-state index in [0.29, 0.717) is 6.54 Å². The maximum Gasteiger partial charge on any atom is 0.326 e. The molecule has 2 aliphatic rings. The highest BCUT2D eigenvalue weighted by atomic mass is 16.4. The molecule has 0 saturated carbocycles. The molecular formula is C15H26N2O3. The van der Waals surface area contributed by atoms with Crippen LogP contribution in [-0.2, 0) is 4.79 Å². The summed E-state index contributed by atoms with van der Waals surface area (Å²) in [4.78, 5) is 27.9. The van der Waals surface area contributed by atoms with Gasteiger partial charge >= 0.3 is 12.0 Å². The minimum Gasteiger partial charge on any atom is -0.480 e. The van der Waals surface area contributed by atoms with E-state index in [2.05, 4.69) is 13.8 Å². The number of rotatable bonds is 2. The van der Waals surface area contributed by atoms with E-state index >= 15 is 0 Å². The Kier molecular flexibility index (Phi) is 4.55.